The van der Waals surface area contributed by atoms with Crippen molar-refractivity contribution in [2.75, 3.05) is 7.11 Å². The summed E-state index contributed by atoms with van der Waals surface area (Å²) in [5.41, 5.74) is 3.60. The zero-order valence-electron chi connectivity index (χ0n) is 12.8. The van der Waals surface area contributed by atoms with Crippen molar-refractivity contribution in [2.45, 2.75) is 6.92 Å². The fourth-order valence-electron chi connectivity index (χ4n) is 3.02. The van der Waals surface area contributed by atoms with E-state index in [1.54, 1.807) is 18.4 Å². The average Bonchev–Trinajstić information content (AvgIpc) is 2.93. The summed E-state index contributed by atoms with van der Waals surface area (Å²) in [6.45, 7) is 2.12. The van der Waals surface area contributed by atoms with Crippen LogP contribution >= 0.6 is 33.9 Å². The van der Waals surface area contributed by atoms with E-state index in [0.717, 1.165) is 10.8 Å². The van der Waals surface area contributed by atoms with E-state index in [2.05, 4.69) is 88.5 Å². The van der Waals surface area contributed by atoms with Crippen molar-refractivity contribution >= 4 is 49.5 Å². The number of hydrogen-bond donors (Lipinski definition) is 0. The quantitative estimate of drug-likeness (QED) is 0.313. The molecule has 0 amide bonds. The first-order chi connectivity index (χ1) is 11.2. The van der Waals surface area contributed by atoms with Gasteiger partial charge in [-0.25, -0.2) is 0 Å². The molecule has 0 aliphatic rings. The summed E-state index contributed by atoms with van der Waals surface area (Å²) < 4.78 is 9.21. The molecule has 0 bridgehead atoms. The highest BCUT2D eigenvalue weighted by molar-refractivity contribution is 14.1. The third-order valence-corrected chi connectivity index (χ3v) is 6.42. The number of pyridine rings is 1. The van der Waals surface area contributed by atoms with Crippen LogP contribution in [0, 0.1) is 10.5 Å². The predicted molar refractivity (Wildman–Crippen MR) is 104 cm³/mol. The van der Waals surface area contributed by atoms with Crippen LogP contribution in [0.2, 0.25) is 0 Å². The summed E-state index contributed by atoms with van der Waals surface area (Å²) >= 11 is 4.18. The Hall–Kier alpha value is -1.66. The van der Waals surface area contributed by atoms with Crippen molar-refractivity contribution in [1.29, 1.82) is 0 Å². The minimum absolute atomic E-state index is 0.967. The summed E-state index contributed by atoms with van der Waals surface area (Å²) in [5.74, 6) is 0. The molecule has 23 heavy (non-hydrogen) atoms. The van der Waals surface area contributed by atoms with E-state index in [-0.39, 0.29) is 0 Å². The molecule has 0 atom stereocenters. The summed E-state index contributed by atoms with van der Waals surface area (Å²) in [5, 5.41) is 3.53. The summed E-state index contributed by atoms with van der Waals surface area (Å²) in [6, 6.07) is 19.2. The number of ether oxygens (including phenoxy) is 1. The SMILES string of the molecule is COc1sc2c3ccccc3c(I)c(-c3ccccc3)[n+]2c1C. The van der Waals surface area contributed by atoms with Gasteiger partial charge < -0.3 is 4.74 Å². The number of nitrogens with zero attached hydrogens (tertiary/aromatic N) is 1. The van der Waals surface area contributed by atoms with Gasteiger partial charge >= 0.3 is 0 Å². The Morgan fingerprint density at radius 2 is 1.61 bits per heavy atom. The van der Waals surface area contributed by atoms with E-state index in [1.165, 1.54) is 30.4 Å². The molecule has 2 heterocycles. The summed E-state index contributed by atoms with van der Waals surface area (Å²) in [6.07, 6.45) is 0. The Morgan fingerprint density at radius 3 is 2.30 bits per heavy atom. The largest absolute Gasteiger partial charge is 0.483 e. The van der Waals surface area contributed by atoms with Gasteiger partial charge in [-0.05, 0) is 52.1 Å². The number of fused-ring (bicyclic) bond motifs is 3. The van der Waals surface area contributed by atoms with Gasteiger partial charge in [-0.2, -0.15) is 0 Å². The maximum absolute atomic E-state index is 5.60. The highest BCUT2D eigenvalue weighted by Gasteiger charge is 2.28. The van der Waals surface area contributed by atoms with Gasteiger partial charge in [0.25, 0.3) is 4.83 Å². The lowest BCUT2D eigenvalue weighted by Crippen LogP contribution is -2.27. The highest BCUT2D eigenvalue weighted by atomic mass is 127. The van der Waals surface area contributed by atoms with Crippen LogP contribution in [0.4, 0.5) is 0 Å². The molecule has 2 aromatic carbocycles. The zero-order valence-corrected chi connectivity index (χ0v) is 15.8. The maximum Gasteiger partial charge on any atom is 0.279 e. The average molecular weight is 432 g/mol. The normalized spacial score (nSPS) is 11.3. The maximum atomic E-state index is 5.60. The molecule has 2 aromatic heterocycles. The molecule has 0 spiro atoms. The predicted octanol–water partition coefficient (Wildman–Crippen LogP) is 5.23. The van der Waals surface area contributed by atoms with Gasteiger partial charge in [-0.1, -0.05) is 36.4 Å². The smallest absolute Gasteiger partial charge is 0.279 e. The lowest BCUT2D eigenvalue weighted by Gasteiger charge is -2.05. The van der Waals surface area contributed by atoms with Crippen LogP contribution in [0.3, 0.4) is 0 Å². The molecule has 0 N–H and O–H groups in total. The van der Waals surface area contributed by atoms with E-state index in [0.29, 0.717) is 0 Å². The first-order valence-corrected chi connectivity index (χ1v) is 9.26. The minimum atomic E-state index is 0.967. The first-order valence-electron chi connectivity index (χ1n) is 7.37. The van der Waals surface area contributed by atoms with Crippen LogP contribution < -0.4 is 9.14 Å². The molecule has 4 rings (SSSR count). The third-order valence-electron chi connectivity index (χ3n) is 4.08. The van der Waals surface area contributed by atoms with Crippen LogP contribution in [-0.4, -0.2) is 7.11 Å². The van der Waals surface area contributed by atoms with E-state index >= 15 is 0 Å². The summed E-state index contributed by atoms with van der Waals surface area (Å²) in [7, 11) is 1.74. The number of benzene rings is 2. The van der Waals surface area contributed by atoms with Crippen LogP contribution in [0.25, 0.3) is 26.9 Å². The third kappa shape index (κ3) is 2.23. The van der Waals surface area contributed by atoms with Crippen molar-refractivity contribution < 1.29 is 9.14 Å². The number of methoxy groups -OCH3 is 1. The molecule has 0 saturated carbocycles. The van der Waals surface area contributed by atoms with Gasteiger partial charge in [0.1, 0.15) is 0 Å². The van der Waals surface area contributed by atoms with Gasteiger partial charge in [-0.15, -0.1) is 4.40 Å². The molecule has 4 aromatic rings. The van der Waals surface area contributed by atoms with Crippen LogP contribution in [0.15, 0.2) is 54.6 Å². The van der Waals surface area contributed by atoms with Crippen LogP contribution in [0.5, 0.6) is 5.06 Å². The van der Waals surface area contributed by atoms with E-state index < -0.39 is 0 Å². The molecular formula is C19H15INOS+. The number of halogens is 1. The van der Waals surface area contributed by atoms with Crippen molar-refractivity contribution in [3.8, 4) is 16.3 Å². The Bertz CT molecular complexity index is 1020. The van der Waals surface area contributed by atoms with Crippen LogP contribution in [0.1, 0.15) is 5.69 Å². The Balaban J connectivity index is 2.27. The molecule has 2 nitrogen and oxygen atoms in total. The van der Waals surface area contributed by atoms with E-state index in [4.69, 9.17) is 4.74 Å². The van der Waals surface area contributed by atoms with Crippen LogP contribution in [-0.2, 0) is 0 Å². The zero-order chi connectivity index (χ0) is 16.0. The molecule has 0 saturated heterocycles. The van der Waals surface area contributed by atoms with Crippen molar-refractivity contribution in [2.24, 2.45) is 0 Å². The second kappa shape index (κ2) is 5.76. The topological polar surface area (TPSA) is 13.3 Å². The second-order valence-electron chi connectivity index (χ2n) is 5.39. The highest BCUT2D eigenvalue weighted by Crippen LogP contribution is 2.36. The molecular weight excluding hydrogens is 417 g/mol. The number of rotatable bonds is 2. The summed E-state index contributed by atoms with van der Waals surface area (Å²) in [4.78, 5) is 1.23. The molecule has 0 unspecified atom stereocenters. The Kier molecular flexibility index (Phi) is 3.73. The second-order valence-corrected chi connectivity index (χ2v) is 7.43. The lowest BCUT2D eigenvalue weighted by atomic mass is 10.1. The standard InChI is InChI=1S/C19H15INOS/c1-12-19(22-2)23-18-15-11-7-6-10-14(15)16(20)17(21(12)18)13-8-4-3-5-9-13/h3-11H,1-2H3/q+1. The van der Waals surface area contributed by atoms with E-state index in [9.17, 15) is 0 Å². The van der Waals surface area contributed by atoms with Gasteiger partial charge in [0.2, 0.25) is 16.5 Å². The van der Waals surface area contributed by atoms with Crippen molar-refractivity contribution in [3.63, 3.8) is 0 Å². The Labute approximate surface area is 152 Å². The number of aromatic nitrogens is 1. The lowest BCUT2D eigenvalue weighted by molar-refractivity contribution is -0.502. The van der Waals surface area contributed by atoms with Crippen molar-refractivity contribution in [3.05, 3.63) is 63.9 Å². The van der Waals surface area contributed by atoms with Gasteiger partial charge in [0.15, 0.2) is 0 Å². The molecule has 114 valence electrons. The van der Waals surface area contributed by atoms with Gasteiger partial charge in [0, 0.05) is 17.9 Å². The molecule has 0 radical (unpaired) electrons. The minimum Gasteiger partial charge on any atom is -0.483 e. The monoisotopic (exact) mass is 432 g/mol. The number of hydrogen-bond acceptors (Lipinski definition) is 2. The molecule has 0 aliphatic carbocycles. The first kappa shape index (κ1) is 14.9. The molecule has 0 aliphatic heterocycles. The molecule has 4 heteroatoms. The Morgan fingerprint density at radius 1 is 0.957 bits per heavy atom. The van der Waals surface area contributed by atoms with E-state index in [1.807, 2.05) is 0 Å². The molecule has 0 fully saturated rings. The fraction of sp³-hybridized carbons (Fsp3) is 0.105. The van der Waals surface area contributed by atoms with Gasteiger partial charge in [-0.3, -0.25) is 0 Å². The number of thiazole rings is 1. The van der Waals surface area contributed by atoms with Crippen molar-refractivity contribution in [1.82, 2.24) is 0 Å². The fourth-order valence-corrected chi connectivity index (χ4v) is 5.15. The number of aryl methyl sites for hydroxylation is 1. The van der Waals surface area contributed by atoms with Gasteiger partial charge in [0.05, 0.1) is 16.1 Å².